The highest BCUT2D eigenvalue weighted by Gasteiger charge is 1.97. The molecule has 0 saturated carbocycles. The van der Waals surface area contributed by atoms with Gasteiger partial charge in [-0.25, -0.2) is 0 Å². The lowest BCUT2D eigenvalue weighted by Gasteiger charge is -1.98. The SMILES string of the molecule is CCCC(=O)OCCC=O. The predicted molar refractivity (Wildman–Crippen MR) is 36.5 cm³/mol. The molecule has 0 aromatic carbocycles. The largest absolute Gasteiger partial charge is 0.465 e. The van der Waals surface area contributed by atoms with E-state index in [-0.39, 0.29) is 12.6 Å². The average molecular weight is 144 g/mol. The summed E-state index contributed by atoms with van der Waals surface area (Å²) in [4.78, 5) is 20.3. The van der Waals surface area contributed by atoms with Gasteiger partial charge in [0, 0.05) is 12.8 Å². The second-order valence-corrected chi connectivity index (χ2v) is 1.93. The van der Waals surface area contributed by atoms with Crippen LogP contribution in [0.3, 0.4) is 0 Å². The van der Waals surface area contributed by atoms with Crippen molar-refractivity contribution in [1.29, 1.82) is 0 Å². The van der Waals surface area contributed by atoms with Crippen molar-refractivity contribution in [3.63, 3.8) is 0 Å². The van der Waals surface area contributed by atoms with E-state index in [0.717, 1.165) is 12.7 Å². The average Bonchev–Trinajstić information content (AvgIpc) is 1.89. The Morgan fingerprint density at radius 2 is 2.30 bits per heavy atom. The summed E-state index contributed by atoms with van der Waals surface area (Å²) < 4.78 is 4.65. The molecular formula is C7H12O3. The molecule has 0 amide bonds. The highest BCUT2D eigenvalue weighted by Crippen LogP contribution is 1.90. The number of carbonyl (C=O) groups is 2. The molecule has 3 heteroatoms. The summed E-state index contributed by atoms with van der Waals surface area (Å²) in [6.07, 6.45) is 2.27. The topological polar surface area (TPSA) is 43.4 Å². The maximum atomic E-state index is 10.6. The number of esters is 1. The first-order valence-corrected chi connectivity index (χ1v) is 3.40. The summed E-state index contributed by atoms with van der Waals surface area (Å²) >= 11 is 0. The first-order valence-electron chi connectivity index (χ1n) is 3.40. The van der Waals surface area contributed by atoms with Crippen LogP contribution in [0.25, 0.3) is 0 Å². The zero-order valence-corrected chi connectivity index (χ0v) is 6.13. The van der Waals surface area contributed by atoms with Crippen molar-refractivity contribution in [2.24, 2.45) is 0 Å². The second-order valence-electron chi connectivity index (χ2n) is 1.93. The van der Waals surface area contributed by atoms with Crippen molar-refractivity contribution < 1.29 is 14.3 Å². The molecule has 0 atom stereocenters. The molecule has 58 valence electrons. The van der Waals surface area contributed by atoms with Crippen LogP contribution in [0.1, 0.15) is 26.2 Å². The minimum atomic E-state index is -0.218. The first kappa shape index (κ1) is 9.14. The van der Waals surface area contributed by atoms with Crippen molar-refractivity contribution in [1.82, 2.24) is 0 Å². The molecule has 0 aliphatic heterocycles. The van der Waals surface area contributed by atoms with Gasteiger partial charge in [-0.3, -0.25) is 4.79 Å². The zero-order valence-electron chi connectivity index (χ0n) is 6.13. The van der Waals surface area contributed by atoms with Gasteiger partial charge >= 0.3 is 5.97 Å². The van der Waals surface area contributed by atoms with Crippen molar-refractivity contribution in [2.75, 3.05) is 6.61 Å². The standard InChI is InChI=1S/C7H12O3/c1-2-4-7(9)10-6-3-5-8/h5H,2-4,6H2,1H3. The van der Waals surface area contributed by atoms with E-state index in [0.29, 0.717) is 12.8 Å². The van der Waals surface area contributed by atoms with Gasteiger partial charge in [0.05, 0.1) is 6.61 Å². The van der Waals surface area contributed by atoms with Crippen LogP contribution in [-0.4, -0.2) is 18.9 Å². The van der Waals surface area contributed by atoms with Crippen LogP contribution in [-0.2, 0) is 14.3 Å². The van der Waals surface area contributed by atoms with Crippen LogP contribution >= 0.6 is 0 Å². The molecule has 10 heavy (non-hydrogen) atoms. The second kappa shape index (κ2) is 6.26. The Labute approximate surface area is 60.4 Å². The Balaban J connectivity index is 3.13. The monoisotopic (exact) mass is 144 g/mol. The third-order valence-corrected chi connectivity index (χ3v) is 0.953. The molecule has 0 saturated heterocycles. The number of hydrogen-bond donors (Lipinski definition) is 0. The van der Waals surface area contributed by atoms with E-state index in [1.54, 1.807) is 0 Å². The number of carbonyl (C=O) groups excluding carboxylic acids is 2. The smallest absolute Gasteiger partial charge is 0.305 e. The van der Waals surface area contributed by atoms with Crippen molar-refractivity contribution >= 4 is 12.3 Å². The Bertz CT molecular complexity index is 109. The lowest BCUT2D eigenvalue weighted by molar-refractivity contribution is -0.143. The van der Waals surface area contributed by atoms with E-state index in [1.807, 2.05) is 6.92 Å². The number of hydrogen-bond acceptors (Lipinski definition) is 3. The third kappa shape index (κ3) is 5.28. The van der Waals surface area contributed by atoms with E-state index < -0.39 is 0 Å². The number of rotatable bonds is 5. The predicted octanol–water partition coefficient (Wildman–Crippen LogP) is 0.919. The molecule has 0 aliphatic carbocycles. The minimum Gasteiger partial charge on any atom is -0.465 e. The van der Waals surface area contributed by atoms with Crippen molar-refractivity contribution in [2.45, 2.75) is 26.2 Å². The zero-order chi connectivity index (χ0) is 7.82. The Morgan fingerprint density at radius 3 is 2.80 bits per heavy atom. The fraction of sp³-hybridized carbons (Fsp3) is 0.714. The summed E-state index contributed by atoms with van der Waals surface area (Å²) in [6.45, 7) is 2.13. The molecule has 0 spiro atoms. The van der Waals surface area contributed by atoms with Gasteiger partial charge in [-0.05, 0) is 6.42 Å². The minimum absolute atomic E-state index is 0.218. The van der Waals surface area contributed by atoms with Gasteiger partial charge in [0.25, 0.3) is 0 Å². The van der Waals surface area contributed by atoms with Gasteiger partial charge in [-0.15, -0.1) is 0 Å². The van der Waals surface area contributed by atoms with Gasteiger partial charge in [-0.2, -0.15) is 0 Å². The Morgan fingerprint density at radius 1 is 1.60 bits per heavy atom. The van der Waals surface area contributed by atoms with Crippen LogP contribution in [0.4, 0.5) is 0 Å². The van der Waals surface area contributed by atoms with Crippen molar-refractivity contribution in [3.8, 4) is 0 Å². The highest BCUT2D eigenvalue weighted by atomic mass is 16.5. The van der Waals surface area contributed by atoms with E-state index in [2.05, 4.69) is 4.74 Å². The summed E-state index contributed by atoms with van der Waals surface area (Å²) in [5.74, 6) is -0.218. The van der Waals surface area contributed by atoms with Crippen LogP contribution in [0.15, 0.2) is 0 Å². The molecule has 0 bridgehead atoms. The van der Waals surface area contributed by atoms with E-state index in [1.165, 1.54) is 0 Å². The Kier molecular flexibility index (Phi) is 5.72. The molecule has 0 rings (SSSR count). The van der Waals surface area contributed by atoms with E-state index >= 15 is 0 Å². The lowest BCUT2D eigenvalue weighted by atomic mass is 10.3. The molecule has 0 radical (unpaired) electrons. The lowest BCUT2D eigenvalue weighted by Crippen LogP contribution is -2.04. The van der Waals surface area contributed by atoms with Crippen LogP contribution in [0.2, 0.25) is 0 Å². The summed E-state index contributed by atoms with van der Waals surface area (Å²) in [5.41, 5.74) is 0. The molecule has 0 aromatic heterocycles. The number of aldehydes is 1. The molecule has 0 unspecified atom stereocenters. The van der Waals surface area contributed by atoms with E-state index in [9.17, 15) is 9.59 Å². The van der Waals surface area contributed by atoms with Gasteiger partial charge in [0.2, 0.25) is 0 Å². The summed E-state index contributed by atoms with van der Waals surface area (Å²) in [5, 5.41) is 0. The molecule has 3 nitrogen and oxygen atoms in total. The molecule has 0 fully saturated rings. The van der Waals surface area contributed by atoms with Gasteiger partial charge in [-0.1, -0.05) is 6.92 Å². The molecule has 0 heterocycles. The van der Waals surface area contributed by atoms with Gasteiger partial charge in [0.1, 0.15) is 6.29 Å². The van der Waals surface area contributed by atoms with Crippen LogP contribution in [0, 0.1) is 0 Å². The van der Waals surface area contributed by atoms with E-state index in [4.69, 9.17) is 0 Å². The summed E-state index contributed by atoms with van der Waals surface area (Å²) in [7, 11) is 0. The Hall–Kier alpha value is -0.860. The van der Waals surface area contributed by atoms with Crippen molar-refractivity contribution in [3.05, 3.63) is 0 Å². The van der Waals surface area contributed by atoms with Gasteiger partial charge < -0.3 is 9.53 Å². The third-order valence-electron chi connectivity index (χ3n) is 0.953. The quantitative estimate of drug-likeness (QED) is 0.327. The van der Waals surface area contributed by atoms with Gasteiger partial charge in [0.15, 0.2) is 0 Å². The van der Waals surface area contributed by atoms with Crippen LogP contribution in [0.5, 0.6) is 0 Å². The molecule has 0 aliphatic rings. The molecule has 0 N–H and O–H groups in total. The maximum absolute atomic E-state index is 10.6. The maximum Gasteiger partial charge on any atom is 0.305 e. The molecular weight excluding hydrogens is 132 g/mol. The molecule has 0 aromatic rings. The fourth-order valence-electron chi connectivity index (χ4n) is 0.497. The summed E-state index contributed by atoms with van der Waals surface area (Å²) in [6, 6.07) is 0. The fourth-order valence-corrected chi connectivity index (χ4v) is 0.497. The highest BCUT2D eigenvalue weighted by molar-refractivity contribution is 5.69. The number of ether oxygens (including phenoxy) is 1. The van der Waals surface area contributed by atoms with Crippen LogP contribution < -0.4 is 0 Å². The first-order chi connectivity index (χ1) is 4.81. The normalized spacial score (nSPS) is 8.90.